The number of benzene rings is 2. The van der Waals surface area contributed by atoms with Gasteiger partial charge in [0, 0.05) is 42.5 Å². The van der Waals surface area contributed by atoms with Crippen molar-refractivity contribution >= 4 is 33.2 Å². The Balaban J connectivity index is 1.69. The van der Waals surface area contributed by atoms with Gasteiger partial charge in [0.15, 0.2) is 0 Å². The summed E-state index contributed by atoms with van der Waals surface area (Å²) in [6.07, 6.45) is 0. The number of rotatable bonds is 3. The van der Waals surface area contributed by atoms with Gasteiger partial charge in [-0.05, 0) is 48.9 Å². The number of sulfonamides is 1. The number of aryl methyl sites for hydroxylation is 1. The summed E-state index contributed by atoms with van der Waals surface area (Å²) in [5.41, 5.74) is 7.88. The van der Waals surface area contributed by atoms with E-state index in [1.54, 1.807) is 29.2 Å². The number of hydrogen-bond acceptors (Lipinski definition) is 4. The second-order valence-electron chi connectivity index (χ2n) is 6.22. The molecule has 2 N–H and O–H groups in total. The number of carbonyl (C=O) groups excluding carboxylic acids is 1. The maximum Gasteiger partial charge on any atom is 0.254 e. The summed E-state index contributed by atoms with van der Waals surface area (Å²) in [6.45, 7) is 3.04. The molecule has 1 aliphatic rings. The molecule has 1 amide bonds. The largest absolute Gasteiger partial charge is 0.398 e. The van der Waals surface area contributed by atoms with Crippen molar-refractivity contribution in [3.8, 4) is 0 Å². The highest BCUT2D eigenvalue weighted by Gasteiger charge is 2.30. The van der Waals surface area contributed by atoms with E-state index in [9.17, 15) is 13.2 Å². The van der Waals surface area contributed by atoms with Crippen LogP contribution in [0.1, 0.15) is 15.9 Å². The fraction of sp³-hybridized carbons (Fsp3) is 0.278. The van der Waals surface area contributed by atoms with E-state index in [1.165, 1.54) is 16.4 Å². The molecular formula is C18H20ClN3O3S. The van der Waals surface area contributed by atoms with E-state index in [-0.39, 0.29) is 23.9 Å². The summed E-state index contributed by atoms with van der Waals surface area (Å²) in [4.78, 5) is 14.5. The summed E-state index contributed by atoms with van der Waals surface area (Å²) in [6, 6.07) is 11.3. The van der Waals surface area contributed by atoms with Gasteiger partial charge in [-0.15, -0.1) is 0 Å². The Morgan fingerprint density at radius 3 is 2.23 bits per heavy atom. The van der Waals surface area contributed by atoms with Crippen molar-refractivity contribution < 1.29 is 13.2 Å². The average Bonchev–Trinajstić information content (AvgIpc) is 2.64. The fourth-order valence-corrected chi connectivity index (χ4v) is 4.39. The Kier molecular flexibility index (Phi) is 5.22. The number of carbonyl (C=O) groups is 1. The summed E-state index contributed by atoms with van der Waals surface area (Å²) in [5.74, 6) is -0.139. The molecule has 2 aromatic carbocycles. The smallest absolute Gasteiger partial charge is 0.254 e. The maximum atomic E-state index is 12.7. The number of nitrogen functional groups attached to an aromatic ring is 1. The third-order valence-electron chi connectivity index (χ3n) is 4.50. The van der Waals surface area contributed by atoms with Gasteiger partial charge < -0.3 is 10.6 Å². The Hall–Kier alpha value is -2.09. The molecule has 1 saturated heterocycles. The van der Waals surface area contributed by atoms with E-state index in [0.29, 0.717) is 29.4 Å². The zero-order valence-corrected chi connectivity index (χ0v) is 15.9. The van der Waals surface area contributed by atoms with Gasteiger partial charge in [-0.25, -0.2) is 8.42 Å². The lowest BCUT2D eigenvalue weighted by Gasteiger charge is -2.34. The molecule has 1 fully saturated rings. The number of nitrogens with zero attached hydrogens (tertiary/aromatic N) is 2. The van der Waals surface area contributed by atoms with E-state index in [2.05, 4.69) is 0 Å². The SMILES string of the molecule is Cc1ccc(C(=O)N2CCN(S(=O)(=O)c3ccc(Cl)cc3)CC2)cc1N. The zero-order chi connectivity index (χ0) is 18.9. The number of anilines is 1. The molecule has 3 rings (SSSR count). The summed E-state index contributed by atoms with van der Waals surface area (Å²) in [7, 11) is -3.59. The van der Waals surface area contributed by atoms with Crippen LogP contribution in [0.15, 0.2) is 47.4 Å². The quantitative estimate of drug-likeness (QED) is 0.811. The maximum absolute atomic E-state index is 12.7. The Labute approximate surface area is 158 Å². The van der Waals surface area contributed by atoms with Gasteiger partial charge in [0.1, 0.15) is 0 Å². The van der Waals surface area contributed by atoms with Crippen molar-refractivity contribution in [1.82, 2.24) is 9.21 Å². The minimum Gasteiger partial charge on any atom is -0.398 e. The molecule has 0 radical (unpaired) electrons. The monoisotopic (exact) mass is 393 g/mol. The van der Waals surface area contributed by atoms with Crippen molar-refractivity contribution in [1.29, 1.82) is 0 Å². The van der Waals surface area contributed by atoms with Crippen LogP contribution in [0.5, 0.6) is 0 Å². The number of hydrogen-bond donors (Lipinski definition) is 1. The van der Waals surface area contributed by atoms with E-state index in [1.807, 2.05) is 13.0 Å². The molecule has 138 valence electrons. The van der Waals surface area contributed by atoms with Crippen LogP contribution in [-0.2, 0) is 10.0 Å². The third kappa shape index (κ3) is 3.70. The topological polar surface area (TPSA) is 83.7 Å². The third-order valence-corrected chi connectivity index (χ3v) is 6.67. The van der Waals surface area contributed by atoms with Crippen molar-refractivity contribution in [2.75, 3.05) is 31.9 Å². The molecule has 8 heteroatoms. The van der Waals surface area contributed by atoms with Crippen molar-refractivity contribution in [2.24, 2.45) is 0 Å². The zero-order valence-electron chi connectivity index (χ0n) is 14.4. The van der Waals surface area contributed by atoms with Crippen molar-refractivity contribution in [3.05, 3.63) is 58.6 Å². The predicted molar refractivity (Wildman–Crippen MR) is 102 cm³/mol. The number of amides is 1. The van der Waals surface area contributed by atoms with Gasteiger partial charge in [-0.3, -0.25) is 4.79 Å². The Bertz CT molecular complexity index is 921. The van der Waals surface area contributed by atoms with Gasteiger partial charge in [0.05, 0.1) is 4.90 Å². The van der Waals surface area contributed by atoms with Crippen molar-refractivity contribution in [2.45, 2.75) is 11.8 Å². The van der Waals surface area contributed by atoms with Crippen LogP contribution in [0, 0.1) is 6.92 Å². The van der Waals surface area contributed by atoms with Crippen LogP contribution >= 0.6 is 11.6 Å². The molecule has 0 aromatic heterocycles. The molecule has 2 aromatic rings. The summed E-state index contributed by atoms with van der Waals surface area (Å²) in [5, 5.41) is 0.483. The lowest BCUT2D eigenvalue weighted by atomic mass is 10.1. The van der Waals surface area contributed by atoms with Gasteiger partial charge in [-0.1, -0.05) is 17.7 Å². The normalized spacial score (nSPS) is 15.8. The molecule has 0 atom stereocenters. The summed E-state index contributed by atoms with van der Waals surface area (Å²) < 4.78 is 26.8. The Morgan fingerprint density at radius 2 is 1.65 bits per heavy atom. The van der Waals surface area contributed by atoms with Gasteiger partial charge in [0.25, 0.3) is 5.91 Å². The van der Waals surface area contributed by atoms with Crippen LogP contribution in [0.25, 0.3) is 0 Å². The van der Waals surface area contributed by atoms with Crippen LogP contribution in [0.2, 0.25) is 5.02 Å². The highest BCUT2D eigenvalue weighted by Crippen LogP contribution is 2.21. The first kappa shape index (κ1) is 18.7. The van der Waals surface area contributed by atoms with E-state index < -0.39 is 10.0 Å². The standard InChI is InChI=1S/C18H20ClN3O3S/c1-13-2-3-14(12-17(13)20)18(23)21-8-10-22(11-9-21)26(24,25)16-6-4-15(19)5-7-16/h2-7,12H,8-11,20H2,1H3. The fourth-order valence-electron chi connectivity index (χ4n) is 2.84. The molecule has 0 unspecified atom stereocenters. The lowest BCUT2D eigenvalue weighted by molar-refractivity contribution is 0.0698. The molecule has 0 saturated carbocycles. The summed E-state index contributed by atoms with van der Waals surface area (Å²) >= 11 is 5.82. The molecule has 0 bridgehead atoms. The van der Waals surface area contributed by atoms with Gasteiger partial charge in [-0.2, -0.15) is 4.31 Å². The van der Waals surface area contributed by atoms with E-state index >= 15 is 0 Å². The minimum atomic E-state index is -3.59. The number of nitrogens with two attached hydrogens (primary N) is 1. The first-order valence-electron chi connectivity index (χ1n) is 8.20. The molecule has 0 spiro atoms. The highest BCUT2D eigenvalue weighted by atomic mass is 35.5. The molecular weight excluding hydrogens is 374 g/mol. The number of piperazine rings is 1. The Morgan fingerprint density at radius 1 is 1.04 bits per heavy atom. The first-order chi connectivity index (χ1) is 12.3. The molecule has 0 aliphatic carbocycles. The number of halogens is 1. The van der Waals surface area contributed by atoms with Gasteiger partial charge in [0.2, 0.25) is 10.0 Å². The average molecular weight is 394 g/mol. The van der Waals surface area contributed by atoms with Crippen LogP contribution < -0.4 is 5.73 Å². The molecule has 6 nitrogen and oxygen atoms in total. The van der Waals surface area contributed by atoms with E-state index in [4.69, 9.17) is 17.3 Å². The predicted octanol–water partition coefficient (Wildman–Crippen LogP) is 2.38. The molecule has 1 aliphatic heterocycles. The molecule has 26 heavy (non-hydrogen) atoms. The second-order valence-corrected chi connectivity index (χ2v) is 8.60. The van der Waals surface area contributed by atoms with Crippen LogP contribution in [-0.4, -0.2) is 49.7 Å². The van der Waals surface area contributed by atoms with Crippen LogP contribution in [0.4, 0.5) is 5.69 Å². The van der Waals surface area contributed by atoms with Crippen molar-refractivity contribution in [3.63, 3.8) is 0 Å². The van der Waals surface area contributed by atoms with Gasteiger partial charge >= 0.3 is 0 Å². The lowest BCUT2D eigenvalue weighted by Crippen LogP contribution is -2.50. The molecule has 1 heterocycles. The van der Waals surface area contributed by atoms with E-state index in [0.717, 1.165) is 5.56 Å². The first-order valence-corrected chi connectivity index (χ1v) is 10.0. The second kappa shape index (κ2) is 7.26. The minimum absolute atomic E-state index is 0.139. The van der Waals surface area contributed by atoms with Crippen LogP contribution in [0.3, 0.4) is 0 Å². The highest BCUT2D eigenvalue weighted by molar-refractivity contribution is 7.89.